The molecule has 0 radical (unpaired) electrons. The Labute approximate surface area is 167 Å². The van der Waals surface area contributed by atoms with Crippen molar-refractivity contribution in [3.8, 4) is 11.5 Å². The SMILES string of the molecule is O=C(/C=C/c1cc2c(cc1[N+](=O)[O-])OCO2)OCc1nc2ccccc2n1C(F)F. The molecule has 1 aliphatic rings. The van der Waals surface area contributed by atoms with Crippen LogP contribution in [0.3, 0.4) is 0 Å². The lowest BCUT2D eigenvalue weighted by molar-refractivity contribution is -0.385. The fourth-order valence-corrected chi connectivity index (χ4v) is 2.99. The van der Waals surface area contributed by atoms with Crippen LogP contribution >= 0.6 is 0 Å². The number of alkyl halides is 2. The molecule has 1 aliphatic heterocycles. The van der Waals surface area contributed by atoms with Crippen LogP contribution in [0.15, 0.2) is 42.5 Å². The summed E-state index contributed by atoms with van der Waals surface area (Å²) in [7, 11) is 0. The van der Waals surface area contributed by atoms with Gasteiger partial charge >= 0.3 is 12.5 Å². The number of carbonyl (C=O) groups is 1. The summed E-state index contributed by atoms with van der Waals surface area (Å²) < 4.78 is 42.7. The van der Waals surface area contributed by atoms with Gasteiger partial charge in [0.05, 0.1) is 27.6 Å². The van der Waals surface area contributed by atoms with E-state index in [4.69, 9.17) is 14.2 Å². The summed E-state index contributed by atoms with van der Waals surface area (Å²) in [5.74, 6) is -0.469. The van der Waals surface area contributed by atoms with E-state index in [1.54, 1.807) is 18.2 Å². The number of nitro benzene ring substituents is 1. The molecule has 0 N–H and O–H groups in total. The van der Waals surface area contributed by atoms with Gasteiger partial charge < -0.3 is 14.2 Å². The highest BCUT2D eigenvalue weighted by molar-refractivity contribution is 5.88. The van der Waals surface area contributed by atoms with E-state index in [1.165, 1.54) is 24.3 Å². The number of aromatic nitrogens is 2. The second kappa shape index (κ2) is 7.78. The highest BCUT2D eigenvalue weighted by Crippen LogP contribution is 2.38. The maximum absolute atomic E-state index is 13.4. The summed E-state index contributed by atoms with van der Waals surface area (Å²) in [5, 5.41) is 11.2. The molecule has 154 valence electrons. The molecule has 9 nitrogen and oxygen atoms in total. The van der Waals surface area contributed by atoms with Gasteiger partial charge in [-0.15, -0.1) is 0 Å². The molecule has 11 heteroatoms. The first-order valence-electron chi connectivity index (χ1n) is 8.61. The number of fused-ring (bicyclic) bond motifs is 2. The second-order valence-electron chi connectivity index (χ2n) is 6.13. The van der Waals surface area contributed by atoms with Crippen LogP contribution in [0.1, 0.15) is 17.9 Å². The number of benzene rings is 2. The number of para-hydroxylation sites is 2. The highest BCUT2D eigenvalue weighted by atomic mass is 19.3. The summed E-state index contributed by atoms with van der Waals surface area (Å²) in [6, 6.07) is 8.86. The number of hydrogen-bond donors (Lipinski definition) is 0. The molecule has 0 spiro atoms. The predicted molar refractivity (Wildman–Crippen MR) is 99.0 cm³/mol. The van der Waals surface area contributed by atoms with Crippen molar-refractivity contribution in [1.82, 2.24) is 9.55 Å². The van der Waals surface area contributed by atoms with Gasteiger partial charge in [-0.3, -0.25) is 14.7 Å². The first kappa shape index (κ1) is 19.3. The molecule has 0 unspecified atom stereocenters. The Kier molecular flexibility index (Phi) is 5.00. The molecule has 2 heterocycles. The van der Waals surface area contributed by atoms with E-state index >= 15 is 0 Å². The van der Waals surface area contributed by atoms with Crippen molar-refractivity contribution in [3.05, 3.63) is 64.0 Å². The second-order valence-corrected chi connectivity index (χ2v) is 6.13. The summed E-state index contributed by atoms with van der Waals surface area (Å²) in [5.41, 5.74) is 0.365. The topological polar surface area (TPSA) is 106 Å². The van der Waals surface area contributed by atoms with Gasteiger partial charge in [0, 0.05) is 6.08 Å². The van der Waals surface area contributed by atoms with Crippen LogP contribution < -0.4 is 9.47 Å². The summed E-state index contributed by atoms with van der Waals surface area (Å²) in [6.45, 7) is -3.42. The summed E-state index contributed by atoms with van der Waals surface area (Å²) in [4.78, 5) is 26.7. The lowest BCUT2D eigenvalue weighted by Crippen LogP contribution is -2.09. The number of nitrogens with zero attached hydrogens (tertiary/aromatic N) is 3. The molecule has 0 saturated carbocycles. The number of rotatable bonds is 6. The number of halogens is 2. The average Bonchev–Trinajstić information content (AvgIpc) is 3.33. The van der Waals surface area contributed by atoms with Gasteiger partial charge in [0.2, 0.25) is 6.79 Å². The minimum Gasteiger partial charge on any atom is -0.454 e. The minimum atomic E-state index is -2.86. The third-order valence-corrected chi connectivity index (χ3v) is 4.33. The predicted octanol–water partition coefficient (Wildman–Crippen LogP) is 3.82. The number of hydrogen-bond acceptors (Lipinski definition) is 7. The number of esters is 1. The van der Waals surface area contributed by atoms with Gasteiger partial charge in [-0.1, -0.05) is 12.1 Å². The third kappa shape index (κ3) is 3.64. The van der Waals surface area contributed by atoms with Crippen LogP contribution in [0.4, 0.5) is 14.5 Å². The largest absolute Gasteiger partial charge is 0.454 e. The normalized spacial score (nSPS) is 12.8. The van der Waals surface area contributed by atoms with Gasteiger partial charge in [0.1, 0.15) is 6.61 Å². The summed E-state index contributed by atoms with van der Waals surface area (Å²) >= 11 is 0. The zero-order valence-electron chi connectivity index (χ0n) is 15.2. The van der Waals surface area contributed by atoms with Gasteiger partial charge in [-0.05, 0) is 24.3 Å². The molecule has 4 rings (SSSR count). The van der Waals surface area contributed by atoms with Crippen LogP contribution in [0.5, 0.6) is 11.5 Å². The van der Waals surface area contributed by atoms with E-state index in [0.29, 0.717) is 15.8 Å². The molecule has 0 atom stereocenters. The van der Waals surface area contributed by atoms with Gasteiger partial charge in [-0.2, -0.15) is 8.78 Å². The van der Waals surface area contributed by atoms with Crippen molar-refractivity contribution < 1.29 is 32.7 Å². The van der Waals surface area contributed by atoms with E-state index in [-0.39, 0.29) is 35.1 Å². The van der Waals surface area contributed by atoms with E-state index in [2.05, 4.69) is 4.98 Å². The number of carbonyl (C=O) groups excluding carboxylic acids is 1. The fraction of sp³-hybridized carbons (Fsp3) is 0.158. The molecular formula is C19H13F2N3O6. The van der Waals surface area contributed by atoms with Crippen molar-refractivity contribution in [2.24, 2.45) is 0 Å². The minimum absolute atomic E-state index is 0.0627. The maximum atomic E-state index is 13.4. The van der Waals surface area contributed by atoms with Crippen LogP contribution in [0, 0.1) is 10.1 Å². The van der Waals surface area contributed by atoms with Crippen molar-refractivity contribution in [3.63, 3.8) is 0 Å². The molecule has 0 bridgehead atoms. The average molecular weight is 417 g/mol. The maximum Gasteiger partial charge on any atom is 0.331 e. The van der Waals surface area contributed by atoms with Gasteiger partial charge in [-0.25, -0.2) is 9.78 Å². The van der Waals surface area contributed by atoms with E-state index in [9.17, 15) is 23.7 Å². The Morgan fingerprint density at radius 1 is 1.30 bits per heavy atom. The first-order valence-corrected chi connectivity index (χ1v) is 8.61. The van der Waals surface area contributed by atoms with Gasteiger partial charge in [0.25, 0.3) is 5.69 Å². The third-order valence-electron chi connectivity index (χ3n) is 4.33. The van der Waals surface area contributed by atoms with E-state index in [0.717, 1.165) is 6.08 Å². The molecule has 3 aromatic rings. The van der Waals surface area contributed by atoms with E-state index in [1.807, 2.05) is 0 Å². The highest BCUT2D eigenvalue weighted by Gasteiger charge is 2.22. The van der Waals surface area contributed by atoms with E-state index < -0.39 is 24.0 Å². The Balaban J connectivity index is 1.51. The first-order chi connectivity index (χ1) is 14.4. The Bertz CT molecular complexity index is 1170. The molecule has 0 aliphatic carbocycles. The molecule has 0 amide bonds. The smallest absolute Gasteiger partial charge is 0.331 e. The number of ether oxygens (including phenoxy) is 3. The van der Waals surface area contributed by atoms with Crippen molar-refractivity contribution in [2.75, 3.05) is 6.79 Å². The molecular weight excluding hydrogens is 404 g/mol. The standard InChI is InChI=1S/C19H13F2N3O6/c20-19(21)23-13-4-2-1-3-12(13)22-17(23)9-28-18(25)6-5-11-7-15-16(30-10-29-15)8-14(11)24(26)27/h1-8,19H,9-10H2/b6-5+. The Morgan fingerprint density at radius 3 is 2.77 bits per heavy atom. The Hall–Kier alpha value is -4.02. The summed E-state index contributed by atoms with van der Waals surface area (Å²) in [6.07, 6.45) is 2.14. The van der Waals surface area contributed by atoms with Crippen LogP contribution in [0.25, 0.3) is 17.1 Å². The van der Waals surface area contributed by atoms with Crippen molar-refractivity contribution in [1.29, 1.82) is 0 Å². The van der Waals surface area contributed by atoms with Crippen LogP contribution in [0.2, 0.25) is 0 Å². The fourth-order valence-electron chi connectivity index (χ4n) is 2.99. The van der Waals surface area contributed by atoms with Crippen molar-refractivity contribution in [2.45, 2.75) is 13.2 Å². The molecule has 0 saturated heterocycles. The Morgan fingerprint density at radius 2 is 2.03 bits per heavy atom. The van der Waals surface area contributed by atoms with Crippen LogP contribution in [-0.4, -0.2) is 27.2 Å². The van der Waals surface area contributed by atoms with Crippen molar-refractivity contribution >= 4 is 28.8 Å². The number of nitro groups is 1. The molecule has 30 heavy (non-hydrogen) atoms. The number of imidazole rings is 1. The molecule has 1 aromatic heterocycles. The molecule has 2 aromatic carbocycles. The van der Waals surface area contributed by atoms with Crippen LogP contribution in [-0.2, 0) is 16.1 Å². The quantitative estimate of drug-likeness (QED) is 0.260. The zero-order chi connectivity index (χ0) is 21.3. The monoisotopic (exact) mass is 417 g/mol. The lowest BCUT2D eigenvalue weighted by Gasteiger charge is -2.07. The zero-order valence-corrected chi connectivity index (χ0v) is 15.2. The van der Waals surface area contributed by atoms with Gasteiger partial charge in [0.15, 0.2) is 17.3 Å². The lowest BCUT2D eigenvalue weighted by atomic mass is 10.1. The molecule has 0 fully saturated rings.